The van der Waals surface area contributed by atoms with Crippen molar-refractivity contribution >= 4 is 27.8 Å². The fourth-order valence-corrected chi connectivity index (χ4v) is 1.97. The number of H-pyrrole nitrogens is 1. The van der Waals surface area contributed by atoms with Crippen molar-refractivity contribution in [3.05, 3.63) is 42.2 Å². The van der Waals surface area contributed by atoms with Crippen molar-refractivity contribution in [3.8, 4) is 0 Å². The quantitative estimate of drug-likeness (QED) is 0.648. The third kappa shape index (κ3) is 1.45. The van der Waals surface area contributed by atoms with Gasteiger partial charge in [0.05, 0.1) is 12.6 Å². The van der Waals surface area contributed by atoms with Gasteiger partial charge in [-0.15, -0.1) is 0 Å². The number of fused-ring (bicyclic) bond motifs is 3. The van der Waals surface area contributed by atoms with E-state index in [9.17, 15) is 4.79 Å². The van der Waals surface area contributed by atoms with Crippen LogP contribution >= 0.6 is 0 Å². The van der Waals surface area contributed by atoms with Gasteiger partial charge in [0.2, 0.25) is 0 Å². The number of hydrogen-bond acceptors (Lipinski definition) is 3. The Kier molecular flexibility index (Phi) is 2.08. The summed E-state index contributed by atoms with van der Waals surface area (Å²) < 4.78 is 4.69. The summed E-state index contributed by atoms with van der Waals surface area (Å²) in [5.74, 6) is -0.370. The van der Waals surface area contributed by atoms with E-state index in [2.05, 4.69) is 14.7 Å². The number of nitrogens with one attached hydrogen (secondary N) is 1. The molecule has 0 radical (unpaired) electrons. The smallest absolute Gasteiger partial charge is 0.354 e. The maximum atomic E-state index is 11.4. The van der Waals surface area contributed by atoms with Gasteiger partial charge in [0, 0.05) is 22.5 Å². The minimum atomic E-state index is -0.370. The third-order valence-electron chi connectivity index (χ3n) is 2.78. The van der Waals surface area contributed by atoms with Crippen LogP contribution in [0.4, 0.5) is 0 Å². The van der Waals surface area contributed by atoms with E-state index in [0.717, 1.165) is 21.8 Å². The molecule has 3 aromatic rings. The van der Waals surface area contributed by atoms with Crippen LogP contribution in [0.2, 0.25) is 0 Å². The molecule has 0 aliphatic rings. The van der Waals surface area contributed by atoms with E-state index >= 15 is 0 Å². The molecule has 0 saturated heterocycles. The van der Waals surface area contributed by atoms with Crippen LogP contribution < -0.4 is 0 Å². The molecule has 4 nitrogen and oxygen atoms in total. The molecule has 2 aromatic heterocycles. The fourth-order valence-electron chi connectivity index (χ4n) is 1.97. The van der Waals surface area contributed by atoms with E-state index in [1.54, 1.807) is 12.3 Å². The summed E-state index contributed by atoms with van der Waals surface area (Å²) in [7, 11) is 1.37. The average molecular weight is 226 g/mol. The van der Waals surface area contributed by atoms with Crippen LogP contribution in [0.3, 0.4) is 0 Å². The number of aromatic nitrogens is 2. The monoisotopic (exact) mass is 226 g/mol. The second kappa shape index (κ2) is 3.59. The van der Waals surface area contributed by atoms with Gasteiger partial charge in [-0.25, -0.2) is 4.79 Å². The first-order chi connectivity index (χ1) is 8.29. The van der Waals surface area contributed by atoms with Crippen molar-refractivity contribution in [2.75, 3.05) is 7.11 Å². The molecule has 3 rings (SSSR count). The summed E-state index contributed by atoms with van der Waals surface area (Å²) in [6.07, 6.45) is 1.74. The number of pyridine rings is 1. The molecule has 84 valence electrons. The molecule has 17 heavy (non-hydrogen) atoms. The van der Waals surface area contributed by atoms with Gasteiger partial charge in [0.15, 0.2) is 0 Å². The molecule has 0 saturated carbocycles. The number of methoxy groups -OCH3 is 1. The van der Waals surface area contributed by atoms with E-state index < -0.39 is 0 Å². The zero-order valence-corrected chi connectivity index (χ0v) is 9.23. The van der Waals surface area contributed by atoms with Crippen LogP contribution in [0.25, 0.3) is 21.8 Å². The summed E-state index contributed by atoms with van der Waals surface area (Å²) in [6.45, 7) is 0. The van der Waals surface area contributed by atoms with Gasteiger partial charge in [-0.05, 0) is 18.2 Å². The Morgan fingerprint density at radius 2 is 2.24 bits per heavy atom. The van der Waals surface area contributed by atoms with Crippen LogP contribution in [0.5, 0.6) is 0 Å². The van der Waals surface area contributed by atoms with Crippen molar-refractivity contribution in [2.24, 2.45) is 0 Å². The molecule has 0 amide bonds. The lowest BCUT2D eigenvalue weighted by Crippen LogP contribution is -2.00. The molecule has 1 N–H and O–H groups in total. The number of carbonyl (C=O) groups excluding carboxylic acids is 1. The molecule has 0 atom stereocenters. The number of rotatable bonds is 1. The molecule has 0 spiro atoms. The number of carbonyl (C=O) groups is 1. The Morgan fingerprint density at radius 3 is 3.06 bits per heavy atom. The van der Waals surface area contributed by atoms with Crippen molar-refractivity contribution in [3.63, 3.8) is 0 Å². The highest BCUT2D eigenvalue weighted by atomic mass is 16.5. The van der Waals surface area contributed by atoms with E-state index in [1.165, 1.54) is 7.11 Å². The minimum Gasteiger partial charge on any atom is -0.464 e. The van der Waals surface area contributed by atoms with E-state index in [-0.39, 0.29) is 5.97 Å². The summed E-state index contributed by atoms with van der Waals surface area (Å²) in [5.41, 5.74) is 2.22. The summed E-state index contributed by atoms with van der Waals surface area (Å²) >= 11 is 0. The second-order valence-corrected chi connectivity index (χ2v) is 3.78. The van der Waals surface area contributed by atoms with Gasteiger partial charge < -0.3 is 9.72 Å². The predicted octanol–water partition coefficient (Wildman–Crippen LogP) is 2.50. The molecule has 0 aliphatic heterocycles. The van der Waals surface area contributed by atoms with Crippen LogP contribution in [0, 0.1) is 0 Å². The van der Waals surface area contributed by atoms with Gasteiger partial charge in [-0.3, -0.25) is 4.98 Å². The predicted molar refractivity (Wildman–Crippen MR) is 64.9 cm³/mol. The highest BCUT2D eigenvalue weighted by molar-refractivity contribution is 6.07. The Hall–Kier alpha value is -2.36. The SMILES string of the molecule is COC(=O)c1cc2c(ccc3cccnc32)[nH]1. The Morgan fingerprint density at radius 1 is 1.35 bits per heavy atom. The normalized spacial score (nSPS) is 10.9. The molecule has 4 heteroatoms. The largest absolute Gasteiger partial charge is 0.464 e. The van der Waals surface area contributed by atoms with Gasteiger partial charge in [-0.1, -0.05) is 12.1 Å². The number of benzene rings is 1. The maximum Gasteiger partial charge on any atom is 0.354 e. The van der Waals surface area contributed by atoms with Gasteiger partial charge in [0.25, 0.3) is 0 Å². The lowest BCUT2D eigenvalue weighted by Gasteiger charge is -1.96. The first-order valence-corrected chi connectivity index (χ1v) is 5.24. The zero-order chi connectivity index (χ0) is 11.8. The van der Waals surface area contributed by atoms with E-state index in [1.807, 2.05) is 24.3 Å². The molecule has 0 bridgehead atoms. The number of hydrogen-bond donors (Lipinski definition) is 1. The molecule has 0 unspecified atom stereocenters. The van der Waals surface area contributed by atoms with Crippen molar-refractivity contribution < 1.29 is 9.53 Å². The minimum absolute atomic E-state index is 0.370. The van der Waals surface area contributed by atoms with Crippen molar-refractivity contribution in [1.82, 2.24) is 9.97 Å². The van der Waals surface area contributed by atoms with Crippen molar-refractivity contribution in [1.29, 1.82) is 0 Å². The molecular formula is C13H10N2O2. The van der Waals surface area contributed by atoms with E-state index in [4.69, 9.17) is 0 Å². The lowest BCUT2D eigenvalue weighted by molar-refractivity contribution is 0.0595. The summed E-state index contributed by atoms with van der Waals surface area (Å²) in [6, 6.07) is 9.57. The summed E-state index contributed by atoms with van der Waals surface area (Å²) in [4.78, 5) is 18.8. The number of nitrogens with zero attached hydrogens (tertiary/aromatic N) is 1. The maximum absolute atomic E-state index is 11.4. The Balaban J connectivity index is 2.35. The van der Waals surface area contributed by atoms with Crippen molar-refractivity contribution in [2.45, 2.75) is 0 Å². The number of ether oxygens (including phenoxy) is 1. The molecule has 1 aromatic carbocycles. The van der Waals surface area contributed by atoms with Crippen LogP contribution in [0.15, 0.2) is 36.5 Å². The number of aromatic amines is 1. The second-order valence-electron chi connectivity index (χ2n) is 3.78. The number of esters is 1. The molecule has 2 heterocycles. The topological polar surface area (TPSA) is 55.0 Å². The zero-order valence-electron chi connectivity index (χ0n) is 9.23. The van der Waals surface area contributed by atoms with Gasteiger partial charge in [-0.2, -0.15) is 0 Å². The Bertz CT molecular complexity index is 716. The first-order valence-electron chi connectivity index (χ1n) is 5.24. The lowest BCUT2D eigenvalue weighted by atomic mass is 10.1. The van der Waals surface area contributed by atoms with Gasteiger partial charge >= 0.3 is 5.97 Å². The van der Waals surface area contributed by atoms with Crippen LogP contribution in [-0.2, 0) is 4.74 Å². The highest BCUT2D eigenvalue weighted by Gasteiger charge is 2.11. The summed E-state index contributed by atoms with van der Waals surface area (Å²) in [5, 5.41) is 1.99. The van der Waals surface area contributed by atoms with Gasteiger partial charge in [0.1, 0.15) is 5.69 Å². The molecule has 0 aliphatic carbocycles. The third-order valence-corrected chi connectivity index (χ3v) is 2.78. The van der Waals surface area contributed by atoms with Crippen LogP contribution in [0.1, 0.15) is 10.5 Å². The average Bonchev–Trinajstić information content (AvgIpc) is 2.82. The highest BCUT2D eigenvalue weighted by Crippen LogP contribution is 2.24. The molecular weight excluding hydrogens is 216 g/mol. The standard InChI is InChI=1S/C13H10N2O2/c1-17-13(16)11-7-9-10(15-11)5-4-8-3-2-6-14-12(8)9/h2-7,15H,1H3. The molecule has 0 fully saturated rings. The van der Waals surface area contributed by atoms with Crippen LogP contribution in [-0.4, -0.2) is 23.0 Å². The Labute approximate surface area is 97.2 Å². The van der Waals surface area contributed by atoms with E-state index in [0.29, 0.717) is 5.69 Å². The first kappa shape index (κ1) is 9.84. The fraction of sp³-hybridized carbons (Fsp3) is 0.0769.